The third-order valence-corrected chi connectivity index (χ3v) is 4.51. The summed E-state index contributed by atoms with van der Waals surface area (Å²) in [6.45, 7) is 7.15. The zero-order valence-corrected chi connectivity index (χ0v) is 15.7. The van der Waals surface area contributed by atoms with E-state index in [1.807, 2.05) is 30.3 Å². The molecule has 0 unspecified atom stereocenters. The molecule has 0 saturated heterocycles. The Labute approximate surface area is 154 Å². The van der Waals surface area contributed by atoms with Crippen LogP contribution in [0, 0.1) is 6.92 Å². The number of likely N-dealkylation sites (N-methyl/N-ethyl adjacent to an activating group) is 1. The molecule has 3 rings (SSSR count). The molecule has 2 aromatic carbocycles. The molecule has 1 aliphatic heterocycles. The number of carbonyl (C=O) groups excluding carboxylic acids is 1. The minimum atomic E-state index is -0.0757. The highest BCUT2D eigenvalue weighted by molar-refractivity contribution is 5.77. The summed E-state index contributed by atoms with van der Waals surface area (Å²) in [4.78, 5) is 14.0. The molecule has 2 aromatic rings. The molecule has 0 saturated carbocycles. The van der Waals surface area contributed by atoms with E-state index in [1.54, 1.807) is 11.9 Å². The van der Waals surface area contributed by atoms with Crippen molar-refractivity contribution in [3.8, 4) is 17.2 Å². The van der Waals surface area contributed by atoms with Crippen LogP contribution in [0.15, 0.2) is 36.4 Å². The van der Waals surface area contributed by atoms with Crippen molar-refractivity contribution in [1.82, 2.24) is 4.90 Å². The number of fused-ring (bicyclic) bond motifs is 1. The van der Waals surface area contributed by atoms with Crippen LogP contribution >= 0.6 is 0 Å². The topological polar surface area (TPSA) is 48.0 Å². The van der Waals surface area contributed by atoms with Crippen molar-refractivity contribution in [1.29, 1.82) is 0 Å². The fraction of sp³-hybridized carbons (Fsp3) is 0.381. The van der Waals surface area contributed by atoms with E-state index in [0.29, 0.717) is 12.5 Å². The Kier molecular flexibility index (Phi) is 5.35. The summed E-state index contributed by atoms with van der Waals surface area (Å²) in [5.41, 5.74) is 3.46. The molecular formula is C21H25NO4. The van der Waals surface area contributed by atoms with E-state index in [0.717, 1.165) is 22.8 Å². The Balaban J connectivity index is 1.55. The Bertz CT molecular complexity index is 801. The number of benzene rings is 2. The fourth-order valence-electron chi connectivity index (χ4n) is 3.04. The van der Waals surface area contributed by atoms with Crippen LogP contribution in [-0.4, -0.2) is 31.3 Å². The van der Waals surface area contributed by atoms with Crippen LogP contribution < -0.4 is 14.2 Å². The molecule has 0 aliphatic carbocycles. The second-order valence-corrected chi connectivity index (χ2v) is 6.90. The smallest absolute Gasteiger partial charge is 0.260 e. The van der Waals surface area contributed by atoms with Crippen molar-refractivity contribution >= 4 is 5.91 Å². The van der Waals surface area contributed by atoms with E-state index in [-0.39, 0.29) is 19.3 Å². The number of amides is 1. The summed E-state index contributed by atoms with van der Waals surface area (Å²) in [5.74, 6) is 2.58. The van der Waals surface area contributed by atoms with Gasteiger partial charge in [0, 0.05) is 13.6 Å². The highest BCUT2D eigenvalue weighted by atomic mass is 16.7. The van der Waals surface area contributed by atoms with E-state index in [2.05, 4.69) is 26.8 Å². The Morgan fingerprint density at radius 3 is 2.65 bits per heavy atom. The van der Waals surface area contributed by atoms with E-state index in [9.17, 15) is 4.79 Å². The van der Waals surface area contributed by atoms with Gasteiger partial charge in [-0.2, -0.15) is 0 Å². The second kappa shape index (κ2) is 7.68. The average Bonchev–Trinajstić information content (AvgIpc) is 3.07. The van der Waals surface area contributed by atoms with Gasteiger partial charge in [-0.3, -0.25) is 4.79 Å². The van der Waals surface area contributed by atoms with Crippen LogP contribution in [0.4, 0.5) is 0 Å². The lowest BCUT2D eigenvalue weighted by atomic mass is 9.98. The number of nitrogens with zero attached hydrogens (tertiary/aromatic N) is 1. The predicted molar refractivity (Wildman–Crippen MR) is 99.8 cm³/mol. The van der Waals surface area contributed by atoms with Crippen molar-refractivity contribution in [2.75, 3.05) is 20.4 Å². The molecule has 26 heavy (non-hydrogen) atoms. The summed E-state index contributed by atoms with van der Waals surface area (Å²) < 4.78 is 16.4. The SMILES string of the molecule is Cc1cc(OCC(=O)N(C)Cc2ccc3c(c2)OCO3)ccc1C(C)C. The molecule has 0 aromatic heterocycles. The third-order valence-electron chi connectivity index (χ3n) is 4.51. The van der Waals surface area contributed by atoms with Crippen molar-refractivity contribution in [3.05, 3.63) is 53.1 Å². The molecule has 1 aliphatic rings. The van der Waals surface area contributed by atoms with Crippen LogP contribution in [0.25, 0.3) is 0 Å². The summed E-state index contributed by atoms with van der Waals surface area (Å²) in [6.07, 6.45) is 0. The van der Waals surface area contributed by atoms with Crippen LogP contribution in [0.3, 0.4) is 0 Å². The predicted octanol–water partition coefficient (Wildman–Crippen LogP) is 3.88. The molecular weight excluding hydrogens is 330 g/mol. The van der Waals surface area contributed by atoms with Crippen molar-refractivity contribution < 1.29 is 19.0 Å². The standard InChI is InChI=1S/C21H25NO4/c1-14(2)18-7-6-17(9-15(18)3)24-12-21(23)22(4)11-16-5-8-19-20(10-16)26-13-25-19/h5-10,14H,11-13H2,1-4H3. The lowest BCUT2D eigenvalue weighted by molar-refractivity contribution is -0.132. The number of carbonyl (C=O) groups is 1. The van der Waals surface area contributed by atoms with Gasteiger partial charge in [0.15, 0.2) is 18.1 Å². The molecule has 1 heterocycles. The minimum absolute atomic E-state index is 0.0154. The highest BCUT2D eigenvalue weighted by Crippen LogP contribution is 2.32. The van der Waals surface area contributed by atoms with Crippen LogP contribution in [0.2, 0.25) is 0 Å². The van der Waals surface area contributed by atoms with Crippen LogP contribution in [0.5, 0.6) is 17.2 Å². The molecule has 0 atom stereocenters. The lowest BCUT2D eigenvalue weighted by Gasteiger charge is -2.18. The third kappa shape index (κ3) is 4.10. The first-order valence-corrected chi connectivity index (χ1v) is 8.80. The molecule has 0 radical (unpaired) electrons. The summed E-state index contributed by atoms with van der Waals surface area (Å²) in [6, 6.07) is 11.7. The van der Waals surface area contributed by atoms with Gasteiger partial charge in [0.1, 0.15) is 5.75 Å². The molecule has 5 nitrogen and oxygen atoms in total. The first kappa shape index (κ1) is 18.1. The highest BCUT2D eigenvalue weighted by Gasteiger charge is 2.16. The molecule has 1 amide bonds. The van der Waals surface area contributed by atoms with Crippen molar-refractivity contribution in [2.24, 2.45) is 0 Å². The largest absolute Gasteiger partial charge is 0.484 e. The van der Waals surface area contributed by atoms with Crippen molar-refractivity contribution in [2.45, 2.75) is 33.2 Å². The summed E-state index contributed by atoms with van der Waals surface area (Å²) in [5, 5.41) is 0. The van der Waals surface area contributed by atoms with E-state index in [4.69, 9.17) is 14.2 Å². The van der Waals surface area contributed by atoms with Gasteiger partial charge in [-0.25, -0.2) is 0 Å². The van der Waals surface area contributed by atoms with E-state index in [1.165, 1.54) is 11.1 Å². The Morgan fingerprint density at radius 1 is 1.15 bits per heavy atom. The first-order valence-electron chi connectivity index (χ1n) is 8.80. The number of hydrogen-bond donors (Lipinski definition) is 0. The zero-order chi connectivity index (χ0) is 18.7. The monoisotopic (exact) mass is 355 g/mol. The van der Waals surface area contributed by atoms with Gasteiger partial charge in [-0.05, 0) is 53.8 Å². The molecule has 5 heteroatoms. The molecule has 0 N–H and O–H groups in total. The zero-order valence-electron chi connectivity index (χ0n) is 15.7. The molecule has 0 spiro atoms. The van der Waals surface area contributed by atoms with Gasteiger partial charge in [-0.15, -0.1) is 0 Å². The number of ether oxygens (including phenoxy) is 3. The quantitative estimate of drug-likeness (QED) is 0.789. The Hall–Kier alpha value is -2.69. The van der Waals surface area contributed by atoms with Crippen LogP contribution in [-0.2, 0) is 11.3 Å². The average molecular weight is 355 g/mol. The lowest BCUT2D eigenvalue weighted by Crippen LogP contribution is -2.30. The molecule has 0 fully saturated rings. The fourth-order valence-corrected chi connectivity index (χ4v) is 3.04. The first-order chi connectivity index (χ1) is 12.4. The number of aryl methyl sites for hydroxylation is 1. The summed E-state index contributed by atoms with van der Waals surface area (Å²) >= 11 is 0. The normalized spacial score (nSPS) is 12.3. The van der Waals surface area contributed by atoms with Gasteiger partial charge in [0.25, 0.3) is 5.91 Å². The van der Waals surface area contributed by atoms with E-state index < -0.39 is 0 Å². The maximum atomic E-state index is 12.4. The Morgan fingerprint density at radius 2 is 1.92 bits per heavy atom. The molecule has 0 bridgehead atoms. The van der Waals surface area contributed by atoms with Gasteiger partial charge in [0.2, 0.25) is 6.79 Å². The maximum absolute atomic E-state index is 12.4. The van der Waals surface area contributed by atoms with Gasteiger partial charge >= 0.3 is 0 Å². The minimum Gasteiger partial charge on any atom is -0.484 e. The number of rotatable bonds is 6. The number of hydrogen-bond acceptors (Lipinski definition) is 4. The van der Waals surface area contributed by atoms with Gasteiger partial charge in [0.05, 0.1) is 0 Å². The van der Waals surface area contributed by atoms with Crippen molar-refractivity contribution in [3.63, 3.8) is 0 Å². The van der Waals surface area contributed by atoms with Gasteiger partial charge in [-0.1, -0.05) is 26.0 Å². The maximum Gasteiger partial charge on any atom is 0.260 e. The van der Waals surface area contributed by atoms with Gasteiger partial charge < -0.3 is 19.1 Å². The second-order valence-electron chi connectivity index (χ2n) is 6.90. The van der Waals surface area contributed by atoms with Crippen LogP contribution in [0.1, 0.15) is 36.5 Å². The summed E-state index contributed by atoms with van der Waals surface area (Å²) in [7, 11) is 1.77. The molecule has 138 valence electrons. The van der Waals surface area contributed by atoms with E-state index >= 15 is 0 Å².